The van der Waals surface area contributed by atoms with Gasteiger partial charge in [0.05, 0.1) is 12.7 Å². The molecule has 0 saturated carbocycles. The summed E-state index contributed by atoms with van der Waals surface area (Å²) in [6, 6.07) is 4.22. The topological polar surface area (TPSA) is 61.8 Å². The number of aliphatic imine (C=N–C) groups is 1. The number of thioether (sulfide) groups is 1. The number of unbranched alkanes of at least 4 members (excludes halogenated alkanes) is 1. The van der Waals surface area contributed by atoms with Crippen LogP contribution in [0.3, 0.4) is 0 Å². The van der Waals surface area contributed by atoms with Crippen LogP contribution in [0.2, 0.25) is 0 Å². The number of hydrogen-bond donors (Lipinski definition) is 2. The van der Waals surface area contributed by atoms with Crippen LogP contribution >= 0.6 is 35.7 Å². The molecule has 0 bridgehead atoms. The van der Waals surface area contributed by atoms with Crippen molar-refractivity contribution in [2.75, 3.05) is 50.2 Å². The van der Waals surface area contributed by atoms with Gasteiger partial charge in [-0.15, -0.1) is 24.0 Å². The number of aromatic nitrogens is 1. The van der Waals surface area contributed by atoms with Crippen molar-refractivity contribution in [1.82, 2.24) is 15.6 Å². The van der Waals surface area contributed by atoms with E-state index in [2.05, 4.69) is 50.8 Å². The highest BCUT2D eigenvalue weighted by atomic mass is 127. The Balaban J connectivity index is 0.00000338. The highest BCUT2D eigenvalue weighted by Crippen LogP contribution is 2.15. The fraction of sp³-hybridized carbons (Fsp3) is 0.667. The molecule has 1 aromatic rings. The van der Waals surface area contributed by atoms with Crippen LogP contribution in [-0.2, 0) is 11.3 Å². The Bertz CT molecular complexity index is 529. The van der Waals surface area contributed by atoms with E-state index < -0.39 is 0 Å². The highest BCUT2D eigenvalue weighted by Gasteiger charge is 2.17. The van der Waals surface area contributed by atoms with Gasteiger partial charge in [-0.05, 0) is 43.4 Å². The first-order valence-corrected chi connectivity index (χ1v) is 10.4. The Hall–Kier alpha value is -0.740. The summed E-state index contributed by atoms with van der Waals surface area (Å²) in [5.74, 6) is 3.08. The average Bonchev–Trinajstić information content (AvgIpc) is 2.64. The molecule has 1 aromatic heterocycles. The van der Waals surface area contributed by atoms with E-state index in [1.165, 1.54) is 12.2 Å². The van der Waals surface area contributed by atoms with Crippen LogP contribution in [0.25, 0.3) is 0 Å². The molecule has 1 saturated heterocycles. The Morgan fingerprint density at radius 1 is 1.38 bits per heavy atom. The van der Waals surface area contributed by atoms with E-state index in [9.17, 15) is 0 Å². The van der Waals surface area contributed by atoms with E-state index in [0.29, 0.717) is 0 Å². The van der Waals surface area contributed by atoms with Crippen molar-refractivity contribution in [1.29, 1.82) is 0 Å². The van der Waals surface area contributed by atoms with Gasteiger partial charge in [-0.25, -0.2) is 4.98 Å². The van der Waals surface area contributed by atoms with Crippen molar-refractivity contribution in [2.24, 2.45) is 4.99 Å². The van der Waals surface area contributed by atoms with Gasteiger partial charge in [0, 0.05) is 39.4 Å². The van der Waals surface area contributed by atoms with E-state index in [1.807, 2.05) is 18.0 Å². The Morgan fingerprint density at radius 2 is 2.23 bits per heavy atom. The predicted molar refractivity (Wildman–Crippen MR) is 123 cm³/mol. The molecule has 0 aliphatic carbocycles. The number of nitrogens with zero attached hydrogens (tertiary/aromatic N) is 3. The van der Waals surface area contributed by atoms with Crippen LogP contribution in [0, 0.1) is 0 Å². The quantitative estimate of drug-likeness (QED) is 0.252. The Morgan fingerprint density at radius 3 is 2.88 bits per heavy atom. The van der Waals surface area contributed by atoms with Crippen molar-refractivity contribution >= 4 is 47.5 Å². The minimum absolute atomic E-state index is 0. The zero-order chi connectivity index (χ0) is 17.9. The third kappa shape index (κ3) is 8.30. The molecule has 8 heteroatoms. The van der Waals surface area contributed by atoms with Crippen LogP contribution in [0.1, 0.15) is 25.3 Å². The van der Waals surface area contributed by atoms with Crippen LogP contribution < -0.4 is 15.5 Å². The maximum Gasteiger partial charge on any atom is 0.191 e. The van der Waals surface area contributed by atoms with Gasteiger partial charge in [-0.2, -0.15) is 11.8 Å². The lowest BCUT2D eigenvalue weighted by atomic mass is 10.2. The van der Waals surface area contributed by atoms with Crippen LogP contribution in [0.4, 0.5) is 5.82 Å². The lowest BCUT2D eigenvalue weighted by Gasteiger charge is -2.32. The second-order valence-electron chi connectivity index (χ2n) is 6.20. The molecule has 1 aliphatic rings. The molecule has 148 valence electrons. The Kier molecular flexibility index (Phi) is 12.0. The normalized spacial score (nSPS) is 17.6. The van der Waals surface area contributed by atoms with E-state index >= 15 is 0 Å². The summed E-state index contributed by atoms with van der Waals surface area (Å²) >= 11 is 1.89. The summed E-state index contributed by atoms with van der Waals surface area (Å²) < 4.78 is 5.58. The van der Waals surface area contributed by atoms with E-state index in [1.54, 1.807) is 7.05 Å². The van der Waals surface area contributed by atoms with Gasteiger partial charge in [-0.1, -0.05) is 6.07 Å². The summed E-state index contributed by atoms with van der Waals surface area (Å²) in [6.07, 6.45) is 6.75. The van der Waals surface area contributed by atoms with Crippen molar-refractivity contribution in [3.05, 3.63) is 23.9 Å². The number of guanidine groups is 1. The van der Waals surface area contributed by atoms with Gasteiger partial charge in [-0.3, -0.25) is 4.99 Å². The first kappa shape index (κ1) is 23.3. The molecule has 6 nitrogen and oxygen atoms in total. The summed E-state index contributed by atoms with van der Waals surface area (Å²) in [5.41, 5.74) is 1.15. The van der Waals surface area contributed by atoms with E-state index in [-0.39, 0.29) is 30.1 Å². The van der Waals surface area contributed by atoms with Gasteiger partial charge in [0.25, 0.3) is 0 Å². The summed E-state index contributed by atoms with van der Waals surface area (Å²) in [6.45, 7) is 6.35. The standard InChI is InChI=1S/C18H31N5OS.HI/c1-15-14-23(9-10-24-15)17-7-6-16(12-21-17)13-22-18(19-2)20-8-4-5-11-25-3;/h6-7,12,15H,4-5,8-11,13-14H2,1-3H3,(H2,19,20,22);1H. The van der Waals surface area contributed by atoms with E-state index in [0.717, 1.165) is 56.5 Å². The first-order valence-electron chi connectivity index (χ1n) is 8.98. The molecule has 1 unspecified atom stereocenters. The van der Waals surface area contributed by atoms with Gasteiger partial charge < -0.3 is 20.3 Å². The number of halogens is 1. The maximum absolute atomic E-state index is 5.58. The molecule has 1 atom stereocenters. The van der Waals surface area contributed by atoms with Crippen molar-refractivity contribution < 1.29 is 4.74 Å². The third-order valence-corrected chi connectivity index (χ3v) is 4.82. The van der Waals surface area contributed by atoms with Crippen LogP contribution in [0.15, 0.2) is 23.3 Å². The average molecular weight is 493 g/mol. The fourth-order valence-electron chi connectivity index (χ4n) is 2.72. The van der Waals surface area contributed by atoms with Gasteiger partial charge in [0.15, 0.2) is 5.96 Å². The highest BCUT2D eigenvalue weighted by molar-refractivity contribution is 14.0. The molecule has 0 amide bonds. The molecule has 1 aliphatic heterocycles. The zero-order valence-electron chi connectivity index (χ0n) is 16.0. The molecule has 26 heavy (non-hydrogen) atoms. The van der Waals surface area contributed by atoms with Crippen molar-refractivity contribution in [3.63, 3.8) is 0 Å². The molecule has 2 N–H and O–H groups in total. The minimum atomic E-state index is 0. The van der Waals surface area contributed by atoms with Gasteiger partial charge in [0.1, 0.15) is 5.82 Å². The molecular weight excluding hydrogens is 461 g/mol. The van der Waals surface area contributed by atoms with Crippen molar-refractivity contribution in [3.8, 4) is 0 Å². The summed E-state index contributed by atoms with van der Waals surface area (Å²) in [5, 5.41) is 6.70. The molecule has 0 radical (unpaired) electrons. The van der Waals surface area contributed by atoms with Crippen LogP contribution in [0.5, 0.6) is 0 Å². The SMILES string of the molecule is CN=C(NCCCCSC)NCc1ccc(N2CCOC(C)C2)nc1.I. The lowest BCUT2D eigenvalue weighted by molar-refractivity contribution is 0.0529. The Labute approximate surface area is 179 Å². The lowest BCUT2D eigenvalue weighted by Crippen LogP contribution is -2.41. The first-order chi connectivity index (χ1) is 12.2. The number of rotatable bonds is 8. The van der Waals surface area contributed by atoms with Crippen LogP contribution in [-0.4, -0.2) is 62.3 Å². The smallest absolute Gasteiger partial charge is 0.191 e. The third-order valence-electron chi connectivity index (χ3n) is 4.13. The molecular formula is C18H32IN5OS. The molecule has 1 fully saturated rings. The fourth-order valence-corrected chi connectivity index (χ4v) is 3.21. The number of pyridine rings is 1. The van der Waals surface area contributed by atoms with Gasteiger partial charge in [0.2, 0.25) is 0 Å². The minimum Gasteiger partial charge on any atom is -0.375 e. The second kappa shape index (κ2) is 13.4. The number of ether oxygens (including phenoxy) is 1. The van der Waals surface area contributed by atoms with Crippen molar-refractivity contribution in [2.45, 2.75) is 32.4 Å². The molecule has 2 heterocycles. The zero-order valence-corrected chi connectivity index (χ0v) is 19.2. The predicted octanol–water partition coefficient (Wildman–Crippen LogP) is 2.73. The van der Waals surface area contributed by atoms with Gasteiger partial charge >= 0.3 is 0 Å². The maximum atomic E-state index is 5.58. The summed E-state index contributed by atoms with van der Waals surface area (Å²) in [7, 11) is 1.80. The number of morpholine rings is 1. The number of nitrogens with one attached hydrogen (secondary N) is 2. The molecule has 0 spiro atoms. The second-order valence-corrected chi connectivity index (χ2v) is 7.19. The monoisotopic (exact) mass is 493 g/mol. The summed E-state index contributed by atoms with van der Waals surface area (Å²) in [4.78, 5) is 11.1. The van der Waals surface area contributed by atoms with E-state index in [4.69, 9.17) is 4.74 Å². The molecule has 0 aromatic carbocycles. The number of hydrogen-bond acceptors (Lipinski definition) is 5. The molecule has 2 rings (SSSR count). The largest absolute Gasteiger partial charge is 0.375 e. The number of anilines is 1.